The Hall–Kier alpha value is -1.92. The van der Waals surface area contributed by atoms with E-state index in [1.54, 1.807) is 24.4 Å². The van der Waals surface area contributed by atoms with Crippen LogP contribution in [0.5, 0.6) is 0 Å². The van der Waals surface area contributed by atoms with E-state index in [1.165, 1.54) is 0 Å². The number of pyridine rings is 1. The molecule has 20 heavy (non-hydrogen) atoms. The van der Waals surface area contributed by atoms with Crippen LogP contribution in [0.3, 0.4) is 0 Å². The summed E-state index contributed by atoms with van der Waals surface area (Å²) >= 11 is 9.31. The summed E-state index contributed by atoms with van der Waals surface area (Å²) in [5, 5.41) is 4.57. The van der Waals surface area contributed by atoms with Crippen molar-refractivity contribution in [3.8, 4) is 22.8 Å². The van der Waals surface area contributed by atoms with E-state index >= 15 is 0 Å². The molecule has 0 aliphatic carbocycles. The fraction of sp³-hybridized carbons (Fsp3) is 0. The monoisotopic (exact) mass is 350 g/mol. The summed E-state index contributed by atoms with van der Waals surface area (Å²) in [4.78, 5) is 8.32. The van der Waals surface area contributed by atoms with Crippen LogP contribution < -0.4 is 5.73 Å². The van der Waals surface area contributed by atoms with Crippen LogP contribution >= 0.6 is 27.5 Å². The van der Waals surface area contributed by atoms with Gasteiger partial charge in [0.05, 0.1) is 10.6 Å². The Kier molecular flexibility index (Phi) is 3.42. The third kappa shape index (κ3) is 2.52. The number of nitrogen functional groups attached to an aromatic ring is 1. The van der Waals surface area contributed by atoms with E-state index < -0.39 is 0 Å². The van der Waals surface area contributed by atoms with Crippen molar-refractivity contribution in [2.45, 2.75) is 0 Å². The molecule has 0 atom stereocenters. The van der Waals surface area contributed by atoms with Gasteiger partial charge in [-0.15, -0.1) is 0 Å². The van der Waals surface area contributed by atoms with Crippen LogP contribution in [-0.4, -0.2) is 15.1 Å². The molecular formula is C13H8BrClN4O. The minimum Gasteiger partial charge on any atom is -0.384 e. The number of hydrogen-bond acceptors (Lipinski definition) is 5. The minimum absolute atomic E-state index is 0.388. The summed E-state index contributed by atoms with van der Waals surface area (Å²) < 4.78 is 6.00. The maximum atomic E-state index is 5.95. The number of nitrogens with two attached hydrogens (primary N) is 1. The molecule has 0 fully saturated rings. The molecular weight excluding hydrogens is 344 g/mol. The lowest BCUT2D eigenvalue weighted by molar-refractivity contribution is 0.432. The number of aromatic nitrogens is 3. The number of halogens is 2. The summed E-state index contributed by atoms with van der Waals surface area (Å²) in [7, 11) is 0. The van der Waals surface area contributed by atoms with Crippen molar-refractivity contribution in [2.75, 3.05) is 5.73 Å². The van der Waals surface area contributed by atoms with Crippen molar-refractivity contribution < 1.29 is 4.52 Å². The predicted molar refractivity (Wildman–Crippen MR) is 80.1 cm³/mol. The molecule has 3 rings (SSSR count). The molecule has 1 aromatic carbocycles. The highest BCUT2D eigenvalue weighted by Crippen LogP contribution is 2.28. The molecule has 0 bridgehead atoms. The Bertz CT molecular complexity index is 757. The minimum atomic E-state index is 0.388. The van der Waals surface area contributed by atoms with Crippen molar-refractivity contribution in [1.82, 2.24) is 15.1 Å². The number of benzene rings is 1. The second-order valence-electron chi connectivity index (χ2n) is 4.02. The largest absolute Gasteiger partial charge is 0.384 e. The molecule has 0 spiro atoms. The highest BCUT2D eigenvalue weighted by molar-refractivity contribution is 9.10. The molecule has 0 saturated heterocycles. The van der Waals surface area contributed by atoms with Gasteiger partial charge in [0.15, 0.2) is 0 Å². The van der Waals surface area contributed by atoms with Crippen molar-refractivity contribution >= 4 is 33.3 Å². The third-order valence-corrected chi connectivity index (χ3v) is 3.85. The van der Waals surface area contributed by atoms with Gasteiger partial charge in [-0.2, -0.15) is 4.98 Å². The molecule has 0 aliphatic rings. The summed E-state index contributed by atoms with van der Waals surface area (Å²) in [6.45, 7) is 0. The summed E-state index contributed by atoms with van der Waals surface area (Å²) in [6, 6.07) is 8.87. The Morgan fingerprint density at radius 2 is 1.95 bits per heavy atom. The van der Waals surface area contributed by atoms with E-state index in [1.807, 2.05) is 12.1 Å². The summed E-state index contributed by atoms with van der Waals surface area (Å²) in [6.07, 6.45) is 1.59. The Morgan fingerprint density at radius 3 is 2.65 bits per heavy atom. The SMILES string of the molecule is Nc1ccc(-c2nc(-c3ccc(Cl)c(Br)c3)no2)cn1. The standard InChI is InChI=1S/C13H8BrClN4O/c14-9-5-7(1-3-10(9)15)12-18-13(20-19-12)8-2-4-11(16)17-6-8/h1-6H,(H2,16,17). The number of anilines is 1. The molecule has 2 N–H and O–H groups in total. The zero-order valence-electron chi connectivity index (χ0n) is 10.0. The van der Waals surface area contributed by atoms with Gasteiger partial charge in [0.1, 0.15) is 5.82 Å². The van der Waals surface area contributed by atoms with Crippen LogP contribution in [0.1, 0.15) is 0 Å². The van der Waals surface area contributed by atoms with E-state index in [0.29, 0.717) is 28.1 Å². The highest BCUT2D eigenvalue weighted by Gasteiger charge is 2.11. The zero-order valence-corrected chi connectivity index (χ0v) is 12.4. The quantitative estimate of drug-likeness (QED) is 0.760. The number of nitrogens with zero attached hydrogens (tertiary/aromatic N) is 3. The van der Waals surface area contributed by atoms with Crippen LogP contribution in [0.25, 0.3) is 22.8 Å². The molecule has 0 aliphatic heterocycles. The van der Waals surface area contributed by atoms with E-state index in [0.717, 1.165) is 10.0 Å². The van der Waals surface area contributed by atoms with E-state index in [-0.39, 0.29) is 0 Å². The molecule has 3 aromatic rings. The molecule has 0 unspecified atom stereocenters. The lowest BCUT2D eigenvalue weighted by atomic mass is 10.2. The molecule has 0 amide bonds. The average molecular weight is 352 g/mol. The molecule has 100 valence electrons. The molecule has 0 saturated carbocycles. The number of rotatable bonds is 2. The predicted octanol–water partition coefficient (Wildman–Crippen LogP) is 3.80. The van der Waals surface area contributed by atoms with Crippen molar-refractivity contribution in [1.29, 1.82) is 0 Å². The summed E-state index contributed by atoms with van der Waals surface area (Å²) in [5.74, 6) is 1.31. The first-order valence-electron chi connectivity index (χ1n) is 5.64. The van der Waals surface area contributed by atoms with Gasteiger partial charge in [0, 0.05) is 16.2 Å². The lowest BCUT2D eigenvalue weighted by Crippen LogP contribution is -1.89. The van der Waals surface area contributed by atoms with Crippen LogP contribution in [0.4, 0.5) is 5.82 Å². The van der Waals surface area contributed by atoms with Gasteiger partial charge in [0.25, 0.3) is 5.89 Å². The van der Waals surface area contributed by atoms with Crippen LogP contribution in [-0.2, 0) is 0 Å². The van der Waals surface area contributed by atoms with Crippen LogP contribution in [0.2, 0.25) is 5.02 Å². The van der Waals surface area contributed by atoms with Gasteiger partial charge in [-0.05, 0) is 46.3 Å². The van der Waals surface area contributed by atoms with Crippen LogP contribution in [0, 0.1) is 0 Å². The van der Waals surface area contributed by atoms with Crippen molar-refractivity contribution in [3.63, 3.8) is 0 Å². The van der Waals surface area contributed by atoms with E-state index in [9.17, 15) is 0 Å². The molecule has 7 heteroatoms. The van der Waals surface area contributed by atoms with Gasteiger partial charge in [0.2, 0.25) is 5.82 Å². The van der Waals surface area contributed by atoms with Gasteiger partial charge >= 0.3 is 0 Å². The smallest absolute Gasteiger partial charge is 0.259 e. The van der Waals surface area contributed by atoms with Crippen LogP contribution in [0.15, 0.2) is 45.5 Å². The third-order valence-electron chi connectivity index (χ3n) is 2.64. The fourth-order valence-corrected chi connectivity index (χ4v) is 2.12. The topological polar surface area (TPSA) is 77.8 Å². The fourth-order valence-electron chi connectivity index (χ4n) is 1.63. The molecule has 0 radical (unpaired) electrons. The highest BCUT2D eigenvalue weighted by atomic mass is 79.9. The van der Waals surface area contributed by atoms with Gasteiger partial charge in [-0.1, -0.05) is 16.8 Å². The van der Waals surface area contributed by atoms with Gasteiger partial charge in [-0.3, -0.25) is 0 Å². The maximum Gasteiger partial charge on any atom is 0.259 e. The van der Waals surface area contributed by atoms with Gasteiger partial charge in [-0.25, -0.2) is 4.98 Å². The van der Waals surface area contributed by atoms with Crippen molar-refractivity contribution in [3.05, 3.63) is 46.0 Å². The molecule has 2 heterocycles. The number of hydrogen-bond donors (Lipinski definition) is 1. The average Bonchev–Trinajstić information content (AvgIpc) is 2.92. The molecule has 2 aromatic heterocycles. The molecule has 5 nitrogen and oxygen atoms in total. The first-order chi connectivity index (χ1) is 9.63. The van der Waals surface area contributed by atoms with E-state index in [2.05, 4.69) is 31.1 Å². The summed E-state index contributed by atoms with van der Waals surface area (Å²) in [5.41, 5.74) is 7.06. The Labute approximate surface area is 127 Å². The second kappa shape index (κ2) is 5.22. The van der Waals surface area contributed by atoms with Gasteiger partial charge < -0.3 is 10.3 Å². The Balaban J connectivity index is 1.97. The van der Waals surface area contributed by atoms with Crippen molar-refractivity contribution in [2.24, 2.45) is 0 Å². The first kappa shape index (κ1) is 13.1. The second-order valence-corrected chi connectivity index (χ2v) is 5.29. The maximum absolute atomic E-state index is 5.95. The lowest BCUT2D eigenvalue weighted by Gasteiger charge is -1.97. The zero-order chi connectivity index (χ0) is 14.1. The van der Waals surface area contributed by atoms with E-state index in [4.69, 9.17) is 21.9 Å². The Morgan fingerprint density at radius 1 is 1.15 bits per heavy atom. The normalized spacial score (nSPS) is 10.7. The first-order valence-corrected chi connectivity index (χ1v) is 6.81.